The highest BCUT2D eigenvalue weighted by molar-refractivity contribution is 9.10. The van der Waals surface area contributed by atoms with Gasteiger partial charge in [-0.25, -0.2) is 0 Å². The number of benzene rings is 1. The fraction of sp³-hybridized carbons (Fsp3) is 0.300. The molecule has 1 aromatic carbocycles. The number of ketones is 1. The maximum Gasteiger partial charge on any atom is 0.450 e. The number of carbonyl (C=O) groups excluding carboxylic acids is 1. The number of carbonyl (C=O) groups is 1. The third kappa shape index (κ3) is 3.28. The highest BCUT2D eigenvalue weighted by atomic mass is 79.9. The van der Waals surface area contributed by atoms with Crippen molar-refractivity contribution < 1.29 is 22.9 Å². The van der Waals surface area contributed by atoms with Crippen LogP contribution in [0.4, 0.5) is 18.9 Å². The van der Waals surface area contributed by atoms with E-state index in [4.69, 9.17) is 0 Å². The molecule has 0 saturated heterocycles. The summed E-state index contributed by atoms with van der Waals surface area (Å²) in [5.74, 6) is -2.00. The molecule has 0 spiro atoms. The molecule has 0 unspecified atom stereocenters. The topological polar surface area (TPSA) is 60.2 Å². The van der Waals surface area contributed by atoms with E-state index >= 15 is 0 Å². The van der Waals surface area contributed by atoms with Crippen LogP contribution in [-0.4, -0.2) is 16.9 Å². The van der Waals surface area contributed by atoms with Gasteiger partial charge in [-0.2, -0.15) is 13.2 Å². The molecule has 0 heterocycles. The third-order valence-electron chi connectivity index (χ3n) is 2.26. The van der Waals surface area contributed by atoms with Gasteiger partial charge in [0.1, 0.15) is 0 Å². The zero-order valence-corrected chi connectivity index (χ0v) is 10.6. The Balaban J connectivity index is 3.24. The molecule has 0 atom stereocenters. The van der Waals surface area contributed by atoms with Gasteiger partial charge in [-0.05, 0) is 18.6 Å². The summed E-state index contributed by atoms with van der Waals surface area (Å²) in [6.45, 7) is 1.41. The Kier molecular flexibility index (Phi) is 4.10. The molecule has 98 valence electrons. The maximum absolute atomic E-state index is 12.1. The van der Waals surface area contributed by atoms with Crippen molar-refractivity contribution in [1.29, 1.82) is 0 Å². The molecule has 0 aromatic heterocycles. The van der Waals surface area contributed by atoms with E-state index in [1.54, 1.807) is 0 Å². The van der Waals surface area contributed by atoms with Crippen molar-refractivity contribution in [3.8, 4) is 0 Å². The lowest BCUT2D eigenvalue weighted by Crippen LogP contribution is -2.25. The molecule has 1 aromatic rings. The minimum absolute atomic E-state index is 0.217. The normalized spacial score (nSPS) is 11.4. The third-order valence-corrected chi connectivity index (χ3v) is 2.72. The van der Waals surface area contributed by atoms with Crippen molar-refractivity contribution in [2.75, 3.05) is 0 Å². The van der Waals surface area contributed by atoms with Crippen molar-refractivity contribution in [1.82, 2.24) is 0 Å². The lowest BCUT2D eigenvalue weighted by Gasteiger charge is -2.09. The standard InChI is InChI=1S/C10H7BrF3NO3/c1-5-2-6(11)3-8(15(17)18)7(5)4-9(16)10(12,13)14/h2-3H,4H2,1H3. The summed E-state index contributed by atoms with van der Waals surface area (Å²) in [7, 11) is 0. The molecule has 0 aliphatic rings. The van der Waals surface area contributed by atoms with Crippen LogP contribution in [-0.2, 0) is 11.2 Å². The average Bonchev–Trinajstić information content (AvgIpc) is 2.19. The minimum atomic E-state index is -4.99. The Labute approximate surface area is 108 Å². The summed E-state index contributed by atoms with van der Waals surface area (Å²) in [4.78, 5) is 20.8. The van der Waals surface area contributed by atoms with E-state index in [1.165, 1.54) is 13.0 Å². The molecule has 0 amide bonds. The number of alkyl halides is 3. The molecule has 0 N–H and O–H groups in total. The van der Waals surface area contributed by atoms with Gasteiger partial charge in [-0.1, -0.05) is 15.9 Å². The second kappa shape index (κ2) is 5.05. The van der Waals surface area contributed by atoms with Gasteiger partial charge in [0.05, 0.1) is 4.92 Å². The average molecular weight is 326 g/mol. The number of rotatable bonds is 3. The largest absolute Gasteiger partial charge is 0.450 e. The van der Waals surface area contributed by atoms with E-state index in [-0.39, 0.29) is 11.1 Å². The predicted octanol–water partition coefficient (Wildman–Crippen LogP) is 3.34. The van der Waals surface area contributed by atoms with Gasteiger partial charge in [-0.15, -0.1) is 0 Å². The number of nitrogens with zero attached hydrogens (tertiary/aromatic N) is 1. The van der Waals surface area contributed by atoms with Gasteiger partial charge in [0.25, 0.3) is 5.69 Å². The van der Waals surface area contributed by atoms with E-state index in [2.05, 4.69) is 15.9 Å². The molecule has 1 rings (SSSR count). The molecule has 0 saturated carbocycles. The van der Waals surface area contributed by atoms with Crippen LogP contribution in [0.25, 0.3) is 0 Å². The summed E-state index contributed by atoms with van der Waals surface area (Å²) in [5, 5.41) is 10.7. The van der Waals surface area contributed by atoms with Gasteiger partial charge in [0, 0.05) is 22.5 Å². The number of hydrogen-bond acceptors (Lipinski definition) is 3. The summed E-state index contributed by atoms with van der Waals surface area (Å²) >= 11 is 3.01. The van der Waals surface area contributed by atoms with Crippen molar-refractivity contribution in [3.63, 3.8) is 0 Å². The van der Waals surface area contributed by atoms with Crippen LogP contribution in [0.2, 0.25) is 0 Å². The lowest BCUT2D eigenvalue weighted by atomic mass is 10.0. The fourth-order valence-corrected chi connectivity index (χ4v) is 1.97. The Morgan fingerprint density at radius 1 is 1.44 bits per heavy atom. The highest BCUT2D eigenvalue weighted by Gasteiger charge is 2.39. The first-order chi connectivity index (χ1) is 8.12. The summed E-state index contributed by atoms with van der Waals surface area (Å²) < 4.78 is 36.8. The van der Waals surface area contributed by atoms with Gasteiger partial charge in [0.15, 0.2) is 0 Å². The number of nitro groups is 1. The van der Waals surface area contributed by atoms with Crippen LogP contribution < -0.4 is 0 Å². The number of nitro benzene ring substituents is 1. The van der Waals surface area contributed by atoms with Crippen LogP contribution in [0.3, 0.4) is 0 Å². The fourth-order valence-electron chi connectivity index (χ4n) is 1.41. The van der Waals surface area contributed by atoms with Crippen LogP contribution in [0.15, 0.2) is 16.6 Å². The number of aryl methyl sites for hydroxylation is 1. The van der Waals surface area contributed by atoms with Crippen LogP contribution in [0, 0.1) is 17.0 Å². The van der Waals surface area contributed by atoms with Crippen molar-refractivity contribution in [2.45, 2.75) is 19.5 Å². The lowest BCUT2D eigenvalue weighted by molar-refractivity contribution is -0.385. The Hall–Kier alpha value is -1.44. The number of Topliss-reactive ketones (excluding diaryl/α,β-unsaturated/α-hetero) is 1. The molecule has 0 bridgehead atoms. The van der Waals surface area contributed by atoms with Crippen molar-refractivity contribution >= 4 is 27.4 Å². The monoisotopic (exact) mass is 325 g/mol. The smallest absolute Gasteiger partial charge is 0.289 e. The van der Waals surface area contributed by atoms with Crippen LogP contribution in [0.1, 0.15) is 11.1 Å². The molecule has 0 aliphatic carbocycles. The number of halogens is 4. The van der Waals surface area contributed by atoms with Crippen molar-refractivity contribution in [3.05, 3.63) is 37.8 Å². The second-order valence-corrected chi connectivity index (χ2v) is 4.49. The van der Waals surface area contributed by atoms with E-state index in [1.807, 2.05) is 0 Å². The molecule has 0 radical (unpaired) electrons. The van der Waals surface area contributed by atoms with Crippen LogP contribution >= 0.6 is 15.9 Å². The maximum atomic E-state index is 12.1. The molecule has 4 nitrogen and oxygen atoms in total. The first-order valence-corrected chi connectivity index (χ1v) is 5.45. The van der Waals surface area contributed by atoms with Crippen LogP contribution in [0.5, 0.6) is 0 Å². The van der Waals surface area contributed by atoms with E-state index in [0.29, 0.717) is 4.47 Å². The van der Waals surface area contributed by atoms with E-state index in [0.717, 1.165) is 6.07 Å². The zero-order chi connectivity index (χ0) is 14.1. The summed E-state index contributed by atoms with van der Waals surface area (Å²) in [6.07, 6.45) is -6.02. The Bertz CT molecular complexity index is 514. The highest BCUT2D eigenvalue weighted by Crippen LogP contribution is 2.29. The number of hydrogen-bond donors (Lipinski definition) is 0. The van der Waals surface area contributed by atoms with E-state index in [9.17, 15) is 28.1 Å². The molecule has 18 heavy (non-hydrogen) atoms. The zero-order valence-electron chi connectivity index (χ0n) is 9.05. The molecule has 0 fully saturated rings. The second-order valence-electron chi connectivity index (χ2n) is 3.58. The van der Waals surface area contributed by atoms with Gasteiger partial charge >= 0.3 is 6.18 Å². The Morgan fingerprint density at radius 3 is 2.44 bits per heavy atom. The SMILES string of the molecule is Cc1cc(Br)cc([N+](=O)[O-])c1CC(=O)C(F)(F)F. The first-order valence-electron chi connectivity index (χ1n) is 4.66. The first kappa shape index (κ1) is 14.6. The minimum Gasteiger partial charge on any atom is -0.289 e. The molecule has 0 aliphatic heterocycles. The summed E-state index contributed by atoms with van der Waals surface area (Å²) in [6, 6.07) is 2.50. The summed E-state index contributed by atoms with van der Waals surface area (Å²) in [5.41, 5.74) is -0.460. The van der Waals surface area contributed by atoms with E-state index < -0.39 is 29.0 Å². The molecular weight excluding hydrogens is 319 g/mol. The van der Waals surface area contributed by atoms with Gasteiger partial charge in [0.2, 0.25) is 5.78 Å². The van der Waals surface area contributed by atoms with Crippen molar-refractivity contribution in [2.24, 2.45) is 0 Å². The molecule has 8 heteroatoms. The van der Waals surface area contributed by atoms with Gasteiger partial charge in [-0.3, -0.25) is 14.9 Å². The predicted molar refractivity (Wildman–Crippen MR) is 60.3 cm³/mol. The molecular formula is C10H7BrF3NO3. The quantitative estimate of drug-likeness (QED) is 0.632. The Morgan fingerprint density at radius 2 is 2.00 bits per heavy atom. The van der Waals surface area contributed by atoms with Gasteiger partial charge < -0.3 is 0 Å².